The monoisotopic (exact) mass is 412 g/mol. The Labute approximate surface area is 180 Å². The summed E-state index contributed by atoms with van der Waals surface area (Å²) in [4.78, 5) is 18.9. The highest BCUT2D eigenvalue weighted by Crippen LogP contribution is 2.26. The molecule has 3 rings (SSSR count). The predicted octanol–water partition coefficient (Wildman–Crippen LogP) is 4.94. The minimum atomic E-state index is 0.403. The van der Waals surface area contributed by atoms with Gasteiger partial charge in [-0.1, -0.05) is 26.7 Å². The molecule has 1 N–H and O–H groups in total. The molecular weight excluding hydrogens is 376 g/mol. The number of nitrogens with one attached hydrogen (secondary N) is 1. The zero-order valence-corrected chi connectivity index (χ0v) is 19.1. The van der Waals surface area contributed by atoms with E-state index in [4.69, 9.17) is 19.7 Å². The summed E-state index contributed by atoms with van der Waals surface area (Å²) in [5, 5.41) is 3.39. The zero-order valence-electron chi connectivity index (χ0n) is 19.1. The van der Waals surface area contributed by atoms with E-state index in [0.717, 1.165) is 54.8 Å². The first kappa shape index (κ1) is 22.1. The molecule has 0 bridgehead atoms. The van der Waals surface area contributed by atoms with Gasteiger partial charge in [-0.25, -0.2) is 0 Å². The topological polar surface area (TPSA) is 66.4 Å². The maximum Gasteiger partial charge on any atom is 0.233 e. The fourth-order valence-electron chi connectivity index (χ4n) is 4.06. The molecule has 0 unspecified atom stereocenters. The Morgan fingerprint density at radius 3 is 2.37 bits per heavy atom. The van der Waals surface area contributed by atoms with Crippen molar-refractivity contribution in [3.8, 4) is 5.75 Å². The summed E-state index contributed by atoms with van der Waals surface area (Å²) in [7, 11) is 3.77. The molecule has 1 fully saturated rings. The molecule has 7 heteroatoms. The first-order chi connectivity index (χ1) is 14.5. The molecule has 0 spiro atoms. The maximum atomic E-state index is 5.38. The molecule has 1 aromatic heterocycles. The van der Waals surface area contributed by atoms with Crippen LogP contribution in [0.4, 0.5) is 23.5 Å². The molecule has 30 heavy (non-hydrogen) atoms. The van der Waals surface area contributed by atoms with Crippen LogP contribution in [0.15, 0.2) is 18.2 Å². The smallest absolute Gasteiger partial charge is 0.233 e. The number of aromatic nitrogens is 3. The number of benzene rings is 1. The molecule has 1 aliphatic rings. The number of hydrogen-bond acceptors (Lipinski definition) is 7. The van der Waals surface area contributed by atoms with Crippen LogP contribution in [0.2, 0.25) is 0 Å². The largest absolute Gasteiger partial charge is 0.496 e. The van der Waals surface area contributed by atoms with E-state index in [1.54, 1.807) is 7.11 Å². The van der Waals surface area contributed by atoms with Gasteiger partial charge in [-0.3, -0.25) is 0 Å². The molecule has 2 heterocycles. The maximum absolute atomic E-state index is 5.38. The summed E-state index contributed by atoms with van der Waals surface area (Å²) in [6.07, 6.45) is 7.03. The average Bonchev–Trinajstić information content (AvgIpc) is 3.04. The Hall–Kier alpha value is -2.57. The molecule has 7 nitrogen and oxygen atoms in total. The zero-order chi connectivity index (χ0) is 21.5. The lowest BCUT2D eigenvalue weighted by molar-refractivity contribution is 0.412. The Morgan fingerprint density at radius 2 is 1.77 bits per heavy atom. The van der Waals surface area contributed by atoms with Crippen LogP contribution in [0, 0.1) is 6.92 Å². The number of rotatable bonds is 8. The van der Waals surface area contributed by atoms with Gasteiger partial charge in [0.05, 0.1) is 7.11 Å². The Morgan fingerprint density at radius 1 is 1.07 bits per heavy atom. The van der Waals surface area contributed by atoms with Gasteiger partial charge in [0.1, 0.15) is 5.75 Å². The van der Waals surface area contributed by atoms with E-state index in [2.05, 4.69) is 42.1 Å². The van der Waals surface area contributed by atoms with E-state index >= 15 is 0 Å². The predicted molar refractivity (Wildman–Crippen MR) is 124 cm³/mol. The Balaban J connectivity index is 1.94. The third-order valence-corrected chi connectivity index (χ3v) is 5.96. The molecule has 1 saturated heterocycles. The van der Waals surface area contributed by atoms with Gasteiger partial charge in [0, 0.05) is 31.9 Å². The third-order valence-electron chi connectivity index (χ3n) is 5.96. The van der Waals surface area contributed by atoms with Crippen LogP contribution in [0.3, 0.4) is 0 Å². The van der Waals surface area contributed by atoms with Crippen LogP contribution in [0.25, 0.3) is 0 Å². The lowest BCUT2D eigenvalue weighted by atomic mass is 10.1. The summed E-state index contributed by atoms with van der Waals surface area (Å²) >= 11 is 0. The van der Waals surface area contributed by atoms with Crippen LogP contribution in [-0.4, -0.2) is 48.2 Å². The number of anilines is 4. The summed E-state index contributed by atoms with van der Waals surface area (Å²) in [6, 6.07) is 6.41. The Kier molecular flexibility index (Phi) is 7.71. The first-order valence-corrected chi connectivity index (χ1v) is 11.2. The number of nitrogens with zero attached hydrogens (tertiary/aromatic N) is 5. The third kappa shape index (κ3) is 5.32. The van der Waals surface area contributed by atoms with Crippen LogP contribution >= 0.6 is 0 Å². The van der Waals surface area contributed by atoms with E-state index < -0.39 is 0 Å². The van der Waals surface area contributed by atoms with Gasteiger partial charge >= 0.3 is 0 Å². The molecule has 1 aromatic carbocycles. The van der Waals surface area contributed by atoms with Crippen LogP contribution in [0.5, 0.6) is 5.75 Å². The van der Waals surface area contributed by atoms with Crippen molar-refractivity contribution in [3.05, 3.63) is 23.8 Å². The van der Waals surface area contributed by atoms with Gasteiger partial charge in [-0.05, 0) is 56.4 Å². The summed E-state index contributed by atoms with van der Waals surface area (Å²) in [5.74, 6) is 2.95. The average molecular weight is 413 g/mol. The highest BCUT2D eigenvalue weighted by atomic mass is 16.5. The summed E-state index contributed by atoms with van der Waals surface area (Å²) in [6.45, 7) is 8.45. The van der Waals surface area contributed by atoms with Gasteiger partial charge in [0.25, 0.3) is 0 Å². The molecule has 1 aliphatic heterocycles. The van der Waals surface area contributed by atoms with E-state index in [-0.39, 0.29) is 0 Å². The molecule has 2 aromatic rings. The minimum absolute atomic E-state index is 0.403. The van der Waals surface area contributed by atoms with E-state index in [1.807, 2.05) is 19.1 Å². The number of aryl methyl sites for hydroxylation is 1. The fraction of sp³-hybridized carbons (Fsp3) is 0.609. The van der Waals surface area contributed by atoms with Crippen molar-refractivity contribution in [2.75, 3.05) is 42.4 Å². The highest BCUT2D eigenvalue weighted by molar-refractivity contribution is 5.59. The van der Waals surface area contributed by atoms with Crippen molar-refractivity contribution in [1.29, 1.82) is 0 Å². The number of ether oxygens (including phenoxy) is 1. The van der Waals surface area contributed by atoms with Crippen molar-refractivity contribution in [2.45, 2.75) is 65.3 Å². The lowest BCUT2D eigenvalue weighted by Gasteiger charge is -2.28. The van der Waals surface area contributed by atoms with Gasteiger partial charge in [-0.15, -0.1) is 0 Å². The van der Waals surface area contributed by atoms with E-state index in [9.17, 15) is 0 Å². The number of hydrogen-bond donors (Lipinski definition) is 1. The summed E-state index contributed by atoms with van der Waals surface area (Å²) < 4.78 is 5.38. The molecule has 0 radical (unpaired) electrons. The molecule has 0 atom stereocenters. The van der Waals surface area contributed by atoms with Crippen molar-refractivity contribution in [2.24, 2.45) is 0 Å². The number of methoxy groups -OCH3 is 1. The lowest BCUT2D eigenvalue weighted by Crippen LogP contribution is -2.33. The molecule has 0 saturated carbocycles. The minimum Gasteiger partial charge on any atom is -0.496 e. The molecule has 0 aliphatic carbocycles. The molecule has 0 amide bonds. The van der Waals surface area contributed by atoms with Crippen molar-refractivity contribution >= 4 is 23.5 Å². The second-order valence-electron chi connectivity index (χ2n) is 8.05. The quantitative estimate of drug-likeness (QED) is 0.659. The van der Waals surface area contributed by atoms with Crippen LogP contribution < -0.4 is 19.9 Å². The van der Waals surface area contributed by atoms with Crippen molar-refractivity contribution in [3.63, 3.8) is 0 Å². The van der Waals surface area contributed by atoms with Gasteiger partial charge < -0.3 is 19.9 Å². The second-order valence-corrected chi connectivity index (χ2v) is 8.05. The molecule has 164 valence electrons. The normalized spacial score (nSPS) is 14.5. The van der Waals surface area contributed by atoms with Crippen molar-refractivity contribution < 1.29 is 4.74 Å². The highest BCUT2D eigenvalue weighted by Gasteiger charge is 2.20. The van der Waals surface area contributed by atoms with Gasteiger partial charge in [0.2, 0.25) is 17.8 Å². The van der Waals surface area contributed by atoms with Crippen LogP contribution in [-0.2, 0) is 0 Å². The van der Waals surface area contributed by atoms with Crippen molar-refractivity contribution in [1.82, 2.24) is 15.0 Å². The van der Waals surface area contributed by atoms with Crippen LogP contribution in [0.1, 0.15) is 57.9 Å². The van der Waals surface area contributed by atoms with Gasteiger partial charge in [0.15, 0.2) is 0 Å². The second kappa shape index (κ2) is 10.5. The SMILES string of the molecule is CCC(CC)N(C)c1nc(Nc2ccc(OC)c(C)c2)nc(N2CCCCCC2)n1. The fourth-order valence-corrected chi connectivity index (χ4v) is 4.06. The Bertz CT molecular complexity index is 795. The molecular formula is C23H36N6O. The van der Waals surface area contributed by atoms with E-state index in [0.29, 0.717) is 12.0 Å². The summed E-state index contributed by atoms with van der Waals surface area (Å²) in [5.41, 5.74) is 2.01. The van der Waals surface area contributed by atoms with Gasteiger partial charge in [-0.2, -0.15) is 15.0 Å². The first-order valence-electron chi connectivity index (χ1n) is 11.2. The van der Waals surface area contributed by atoms with E-state index in [1.165, 1.54) is 25.7 Å². The standard InChI is InChI=1S/C23H36N6O/c1-6-19(7-2)28(4)22-25-21(24-18-12-13-20(30-5)17(3)16-18)26-23(27-22)29-14-10-8-9-11-15-29/h12-13,16,19H,6-11,14-15H2,1-5H3,(H,24,25,26,27).